The van der Waals surface area contributed by atoms with Crippen LogP contribution < -0.4 is 5.73 Å². The molecule has 1 saturated heterocycles. The molecule has 0 saturated carbocycles. The molecule has 4 nitrogen and oxygen atoms in total. The van der Waals surface area contributed by atoms with Crippen molar-refractivity contribution in [3.63, 3.8) is 0 Å². The first-order chi connectivity index (χ1) is 9.63. The lowest BCUT2D eigenvalue weighted by Crippen LogP contribution is -2.38. The third-order valence-corrected chi connectivity index (χ3v) is 4.99. The van der Waals surface area contributed by atoms with Gasteiger partial charge in [0.15, 0.2) is 0 Å². The lowest BCUT2D eigenvalue weighted by molar-refractivity contribution is 0.149. The van der Waals surface area contributed by atoms with Crippen molar-refractivity contribution in [3.8, 4) is 0 Å². The highest BCUT2D eigenvalue weighted by molar-refractivity contribution is 5.08. The topological polar surface area (TPSA) is 47.1 Å². The van der Waals surface area contributed by atoms with E-state index in [0.717, 1.165) is 25.2 Å². The van der Waals surface area contributed by atoms with E-state index in [0.29, 0.717) is 6.04 Å². The normalized spacial score (nSPS) is 25.1. The maximum absolute atomic E-state index is 6.16. The van der Waals surface area contributed by atoms with E-state index in [2.05, 4.69) is 29.5 Å². The summed E-state index contributed by atoms with van der Waals surface area (Å²) in [5, 5.41) is 0. The van der Waals surface area contributed by atoms with Crippen molar-refractivity contribution in [2.24, 2.45) is 11.7 Å². The molecule has 0 aliphatic carbocycles. The van der Waals surface area contributed by atoms with Crippen LogP contribution in [0, 0.1) is 5.92 Å². The first-order valence-corrected chi connectivity index (χ1v) is 8.19. The van der Waals surface area contributed by atoms with Gasteiger partial charge in [-0.15, -0.1) is 0 Å². The molecule has 0 aromatic carbocycles. The van der Waals surface area contributed by atoms with E-state index in [1.165, 1.54) is 43.9 Å². The van der Waals surface area contributed by atoms with Gasteiger partial charge in [-0.05, 0) is 65.0 Å². The first-order valence-electron chi connectivity index (χ1n) is 8.19. The summed E-state index contributed by atoms with van der Waals surface area (Å²) in [7, 11) is 0. The third-order valence-electron chi connectivity index (χ3n) is 4.99. The molecule has 1 atom stereocenters. The van der Waals surface area contributed by atoms with Gasteiger partial charge in [0.1, 0.15) is 5.82 Å². The summed E-state index contributed by atoms with van der Waals surface area (Å²) in [5.74, 6) is 2.01. The largest absolute Gasteiger partial charge is 0.319 e. The molecule has 2 aliphatic rings. The summed E-state index contributed by atoms with van der Waals surface area (Å²) >= 11 is 0. The van der Waals surface area contributed by atoms with E-state index >= 15 is 0 Å². The Morgan fingerprint density at radius 3 is 2.70 bits per heavy atom. The molecular weight excluding hydrogens is 248 g/mol. The van der Waals surface area contributed by atoms with Crippen LogP contribution >= 0.6 is 0 Å². The van der Waals surface area contributed by atoms with Crippen molar-refractivity contribution in [2.45, 2.75) is 64.6 Å². The Labute approximate surface area is 122 Å². The number of nitrogens with zero attached hydrogens (tertiary/aromatic N) is 3. The van der Waals surface area contributed by atoms with E-state index in [-0.39, 0.29) is 6.17 Å². The van der Waals surface area contributed by atoms with Gasteiger partial charge in [0.2, 0.25) is 0 Å². The summed E-state index contributed by atoms with van der Waals surface area (Å²) in [6.07, 6.45) is 9.51. The van der Waals surface area contributed by atoms with Crippen LogP contribution in [-0.4, -0.2) is 33.6 Å². The number of aryl methyl sites for hydroxylation is 1. The number of nitrogens with two attached hydrogens (primary N) is 1. The van der Waals surface area contributed by atoms with Crippen molar-refractivity contribution in [1.29, 1.82) is 0 Å². The quantitative estimate of drug-likeness (QED) is 0.922. The minimum atomic E-state index is 0.155. The molecule has 0 spiro atoms. The molecule has 4 heteroatoms. The predicted molar refractivity (Wildman–Crippen MR) is 81.5 cm³/mol. The number of rotatable bonds is 3. The third kappa shape index (κ3) is 2.91. The minimum absolute atomic E-state index is 0.155. The Morgan fingerprint density at radius 1 is 1.30 bits per heavy atom. The number of hydrogen-bond donors (Lipinski definition) is 1. The summed E-state index contributed by atoms with van der Waals surface area (Å²) < 4.78 is 2.21. The van der Waals surface area contributed by atoms with Crippen LogP contribution in [0.1, 0.15) is 57.2 Å². The SMILES string of the molecule is CC(C)N1CCC(Cc2cn3c(n2)CCCC3N)CC1. The molecule has 1 aromatic heterocycles. The van der Waals surface area contributed by atoms with Crippen molar-refractivity contribution in [2.75, 3.05) is 13.1 Å². The number of imidazole rings is 1. The van der Waals surface area contributed by atoms with Gasteiger partial charge >= 0.3 is 0 Å². The Hall–Kier alpha value is -0.870. The fraction of sp³-hybridized carbons (Fsp3) is 0.812. The van der Waals surface area contributed by atoms with Gasteiger partial charge in [-0.25, -0.2) is 4.98 Å². The summed E-state index contributed by atoms with van der Waals surface area (Å²) in [4.78, 5) is 7.41. The minimum Gasteiger partial charge on any atom is -0.319 e. The molecule has 1 aromatic rings. The van der Waals surface area contributed by atoms with Crippen LogP contribution in [0.3, 0.4) is 0 Å². The molecule has 112 valence electrons. The Balaban J connectivity index is 1.59. The Bertz CT molecular complexity index is 443. The fourth-order valence-corrected chi connectivity index (χ4v) is 3.64. The second-order valence-corrected chi connectivity index (χ2v) is 6.79. The zero-order valence-electron chi connectivity index (χ0n) is 12.9. The summed E-state index contributed by atoms with van der Waals surface area (Å²) in [6.45, 7) is 7.08. The smallest absolute Gasteiger partial charge is 0.110 e. The zero-order valence-corrected chi connectivity index (χ0v) is 12.9. The summed E-state index contributed by atoms with van der Waals surface area (Å²) in [5.41, 5.74) is 7.42. The molecule has 20 heavy (non-hydrogen) atoms. The number of fused-ring (bicyclic) bond motifs is 1. The molecule has 1 unspecified atom stereocenters. The van der Waals surface area contributed by atoms with Gasteiger partial charge in [-0.1, -0.05) is 0 Å². The monoisotopic (exact) mass is 276 g/mol. The molecule has 1 fully saturated rings. The molecule has 3 rings (SSSR count). The Kier molecular flexibility index (Phi) is 4.13. The zero-order chi connectivity index (χ0) is 14.1. The highest BCUT2D eigenvalue weighted by Gasteiger charge is 2.23. The molecule has 3 heterocycles. The van der Waals surface area contributed by atoms with Gasteiger partial charge in [-0.2, -0.15) is 0 Å². The van der Waals surface area contributed by atoms with Gasteiger partial charge in [-0.3, -0.25) is 0 Å². The van der Waals surface area contributed by atoms with E-state index < -0.39 is 0 Å². The van der Waals surface area contributed by atoms with Gasteiger partial charge < -0.3 is 15.2 Å². The standard InChI is InChI=1S/C16H28N4/c1-12(2)19-8-6-13(7-9-19)10-14-11-20-15(17)4-3-5-16(20)18-14/h11-13,15H,3-10,17H2,1-2H3. The van der Waals surface area contributed by atoms with E-state index in [1.54, 1.807) is 0 Å². The molecule has 0 bridgehead atoms. The highest BCUT2D eigenvalue weighted by atomic mass is 15.2. The maximum Gasteiger partial charge on any atom is 0.110 e. The van der Waals surface area contributed by atoms with Gasteiger partial charge in [0, 0.05) is 18.7 Å². The van der Waals surface area contributed by atoms with Crippen LogP contribution in [-0.2, 0) is 12.8 Å². The number of aromatic nitrogens is 2. The van der Waals surface area contributed by atoms with Crippen LogP contribution in [0.15, 0.2) is 6.20 Å². The molecular formula is C16H28N4. The lowest BCUT2D eigenvalue weighted by Gasteiger charge is -2.34. The van der Waals surface area contributed by atoms with Crippen LogP contribution in [0.25, 0.3) is 0 Å². The molecule has 2 N–H and O–H groups in total. The van der Waals surface area contributed by atoms with Crippen molar-refractivity contribution < 1.29 is 0 Å². The molecule has 2 aliphatic heterocycles. The Morgan fingerprint density at radius 2 is 2.05 bits per heavy atom. The second-order valence-electron chi connectivity index (χ2n) is 6.79. The lowest BCUT2D eigenvalue weighted by atomic mass is 9.92. The van der Waals surface area contributed by atoms with Gasteiger partial charge in [0.25, 0.3) is 0 Å². The summed E-state index contributed by atoms with van der Waals surface area (Å²) in [6, 6.07) is 0.689. The first kappa shape index (κ1) is 14.1. The van der Waals surface area contributed by atoms with Crippen molar-refractivity contribution >= 4 is 0 Å². The second kappa shape index (κ2) is 5.86. The molecule has 0 amide bonds. The van der Waals surface area contributed by atoms with Crippen LogP contribution in [0.2, 0.25) is 0 Å². The number of likely N-dealkylation sites (tertiary alicyclic amines) is 1. The van der Waals surface area contributed by atoms with E-state index in [4.69, 9.17) is 10.7 Å². The maximum atomic E-state index is 6.16. The molecule has 0 radical (unpaired) electrons. The van der Waals surface area contributed by atoms with E-state index in [1.807, 2.05) is 0 Å². The van der Waals surface area contributed by atoms with Crippen molar-refractivity contribution in [1.82, 2.24) is 14.5 Å². The number of piperidine rings is 1. The van der Waals surface area contributed by atoms with Gasteiger partial charge in [0.05, 0.1) is 11.9 Å². The van der Waals surface area contributed by atoms with Crippen LogP contribution in [0.4, 0.5) is 0 Å². The van der Waals surface area contributed by atoms with Crippen LogP contribution in [0.5, 0.6) is 0 Å². The van der Waals surface area contributed by atoms with E-state index in [9.17, 15) is 0 Å². The number of hydrogen-bond acceptors (Lipinski definition) is 3. The average molecular weight is 276 g/mol. The highest BCUT2D eigenvalue weighted by Crippen LogP contribution is 2.25. The average Bonchev–Trinajstić information content (AvgIpc) is 2.83. The van der Waals surface area contributed by atoms with Crippen molar-refractivity contribution in [3.05, 3.63) is 17.7 Å². The predicted octanol–water partition coefficient (Wildman–Crippen LogP) is 2.34. The fourth-order valence-electron chi connectivity index (χ4n) is 3.64.